The average molecular weight is 343 g/mol. The van der Waals surface area contributed by atoms with E-state index in [-0.39, 0.29) is 25.6 Å². The van der Waals surface area contributed by atoms with Crippen LogP contribution in [0.5, 0.6) is 0 Å². The molecule has 0 unspecified atom stereocenters. The summed E-state index contributed by atoms with van der Waals surface area (Å²) in [6.45, 7) is 0.250. The fraction of sp³-hybridized carbons (Fsp3) is 0.500. The molecule has 1 saturated heterocycles. The molecule has 1 aliphatic carbocycles. The van der Waals surface area contributed by atoms with Crippen molar-refractivity contribution >= 4 is 11.9 Å². The van der Waals surface area contributed by atoms with Crippen molar-refractivity contribution in [2.45, 2.75) is 30.5 Å². The second-order valence-electron chi connectivity index (χ2n) is 6.11. The minimum atomic E-state index is -4.47. The van der Waals surface area contributed by atoms with Crippen molar-refractivity contribution in [1.82, 2.24) is 4.90 Å². The summed E-state index contributed by atoms with van der Waals surface area (Å²) < 4.78 is 43.8. The zero-order valence-electron chi connectivity index (χ0n) is 12.7. The van der Waals surface area contributed by atoms with Crippen LogP contribution in [0.2, 0.25) is 0 Å². The van der Waals surface area contributed by atoms with Gasteiger partial charge in [0.05, 0.1) is 24.1 Å². The fourth-order valence-corrected chi connectivity index (χ4v) is 3.03. The van der Waals surface area contributed by atoms with Gasteiger partial charge < -0.3 is 14.7 Å². The highest BCUT2D eigenvalue weighted by Gasteiger charge is 2.54. The number of aliphatic carboxylic acids is 1. The molecule has 3 rings (SSSR count). The lowest BCUT2D eigenvalue weighted by Crippen LogP contribution is -2.51. The van der Waals surface area contributed by atoms with Crippen molar-refractivity contribution in [3.8, 4) is 0 Å². The minimum absolute atomic E-state index is 0.0884. The molecule has 1 N–H and O–H groups in total. The number of morpholine rings is 1. The summed E-state index contributed by atoms with van der Waals surface area (Å²) in [5.74, 6) is -1.48. The third-order valence-corrected chi connectivity index (χ3v) is 4.53. The third kappa shape index (κ3) is 2.98. The second-order valence-corrected chi connectivity index (χ2v) is 6.11. The molecule has 24 heavy (non-hydrogen) atoms. The number of carbonyl (C=O) groups is 2. The van der Waals surface area contributed by atoms with Gasteiger partial charge in [-0.15, -0.1) is 0 Å². The number of halogens is 3. The van der Waals surface area contributed by atoms with Crippen molar-refractivity contribution < 1.29 is 32.6 Å². The minimum Gasteiger partial charge on any atom is -0.479 e. The lowest BCUT2D eigenvalue weighted by Gasteiger charge is -2.33. The lowest BCUT2D eigenvalue weighted by molar-refractivity contribution is -0.160. The predicted molar refractivity (Wildman–Crippen MR) is 76.3 cm³/mol. The molecule has 0 bridgehead atoms. The van der Waals surface area contributed by atoms with Crippen LogP contribution < -0.4 is 0 Å². The number of amides is 1. The first-order valence-corrected chi connectivity index (χ1v) is 7.55. The van der Waals surface area contributed by atoms with Crippen LogP contribution in [0, 0.1) is 0 Å². The van der Waals surface area contributed by atoms with Gasteiger partial charge in [-0.05, 0) is 24.5 Å². The van der Waals surface area contributed by atoms with Gasteiger partial charge in [0.2, 0.25) is 5.91 Å². The summed E-state index contributed by atoms with van der Waals surface area (Å²) in [5.41, 5.74) is -1.42. The Morgan fingerprint density at radius 3 is 2.58 bits per heavy atom. The van der Waals surface area contributed by atoms with Crippen LogP contribution in [0.25, 0.3) is 0 Å². The van der Waals surface area contributed by atoms with Gasteiger partial charge in [0, 0.05) is 6.54 Å². The van der Waals surface area contributed by atoms with Crippen LogP contribution in [0.15, 0.2) is 24.3 Å². The maximum absolute atomic E-state index is 12.9. The number of hydrogen-bond donors (Lipinski definition) is 1. The van der Waals surface area contributed by atoms with E-state index in [4.69, 9.17) is 9.84 Å². The van der Waals surface area contributed by atoms with Crippen molar-refractivity contribution in [1.29, 1.82) is 0 Å². The normalized spacial score (nSPS) is 23.0. The highest BCUT2D eigenvalue weighted by molar-refractivity contribution is 5.92. The summed E-state index contributed by atoms with van der Waals surface area (Å²) in [4.78, 5) is 25.2. The van der Waals surface area contributed by atoms with E-state index in [1.807, 2.05) is 0 Å². The van der Waals surface area contributed by atoms with Gasteiger partial charge in [0.15, 0.2) is 6.10 Å². The molecule has 1 amide bonds. The highest BCUT2D eigenvalue weighted by Crippen LogP contribution is 2.50. The molecule has 1 aromatic rings. The van der Waals surface area contributed by atoms with Gasteiger partial charge in [-0.3, -0.25) is 4.79 Å². The Morgan fingerprint density at radius 2 is 2.00 bits per heavy atom. The van der Waals surface area contributed by atoms with E-state index in [0.717, 1.165) is 12.1 Å². The Balaban J connectivity index is 1.83. The Hall–Kier alpha value is -2.09. The molecule has 0 aromatic heterocycles. The molecule has 1 saturated carbocycles. The summed E-state index contributed by atoms with van der Waals surface area (Å²) in [6.07, 6.45) is -4.65. The maximum atomic E-state index is 12.9. The Kier molecular flexibility index (Phi) is 4.03. The predicted octanol–water partition coefficient (Wildman–Crippen LogP) is 2.05. The van der Waals surface area contributed by atoms with Gasteiger partial charge in [-0.25, -0.2) is 4.79 Å². The maximum Gasteiger partial charge on any atom is 0.416 e. The number of rotatable bonds is 3. The SMILES string of the molecule is O=C(O)[C@@H]1CN(C(=O)C2(c3cccc(C(F)(F)F)c3)CC2)CCO1. The van der Waals surface area contributed by atoms with Crippen LogP contribution in [0.3, 0.4) is 0 Å². The van der Waals surface area contributed by atoms with Gasteiger partial charge >= 0.3 is 12.1 Å². The zero-order chi connectivity index (χ0) is 17.5. The summed E-state index contributed by atoms with van der Waals surface area (Å²) in [5, 5.41) is 9.01. The van der Waals surface area contributed by atoms with E-state index in [9.17, 15) is 22.8 Å². The second kappa shape index (κ2) is 5.77. The van der Waals surface area contributed by atoms with Gasteiger partial charge in [0.1, 0.15) is 0 Å². The summed E-state index contributed by atoms with van der Waals surface area (Å²) in [7, 11) is 0. The topological polar surface area (TPSA) is 66.8 Å². The first-order valence-electron chi connectivity index (χ1n) is 7.55. The van der Waals surface area contributed by atoms with E-state index in [1.54, 1.807) is 0 Å². The molecule has 5 nitrogen and oxygen atoms in total. The van der Waals surface area contributed by atoms with Crippen molar-refractivity contribution in [3.63, 3.8) is 0 Å². The fourth-order valence-electron chi connectivity index (χ4n) is 3.03. The van der Waals surface area contributed by atoms with E-state index in [1.165, 1.54) is 17.0 Å². The monoisotopic (exact) mass is 343 g/mol. The number of carboxylic acids is 1. The van der Waals surface area contributed by atoms with Crippen LogP contribution in [0.4, 0.5) is 13.2 Å². The molecule has 0 spiro atoms. The highest BCUT2D eigenvalue weighted by atomic mass is 19.4. The van der Waals surface area contributed by atoms with Crippen molar-refractivity contribution in [2.75, 3.05) is 19.7 Å². The number of ether oxygens (including phenoxy) is 1. The molecule has 2 fully saturated rings. The molecule has 0 radical (unpaired) electrons. The molecule has 8 heteroatoms. The van der Waals surface area contributed by atoms with Crippen molar-refractivity contribution in [2.24, 2.45) is 0 Å². The average Bonchev–Trinajstić information content (AvgIpc) is 3.35. The van der Waals surface area contributed by atoms with Crippen LogP contribution in [0.1, 0.15) is 24.0 Å². The number of carboxylic acid groups (broad SMARTS) is 1. The number of alkyl halides is 3. The molecule has 130 valence electrons. The smallest absolute Gasteiger partial charge is 0.416 e. The molecule has 1 aliphatic heterocycles. The van der Waals surface area contributed by atoms with Crippen LogP contribution in [-0.4, -0.2) is 47.7 Å². The molecule has 1 atom stereocenters. The molecular weight excluding hydrogens is 327 g/mol. The van der Waals surface area contributed by atoms with Gasteiger partial charge in [-0.2, -0.15) is 13.2 Å². The van der Waals surface area contributed by atoms with E-state index < -0.39 is 29.2 Å². The van der Waals surface area contributed by atoms with Crippen LogP contribution in [-0.2, 0) is 25.9 Å². The van der Waals surface area contributed by atoms with Gasteiger partial charge in [-0.1, -0.05) is 18.2 Å². The number of nitrogens with zero attached hydrogens (tertiary/aromatic N) is 1. The standard InChI is InChI=1S/C16H16F3NO4/c17-16(18,19)11-3-1-2-10(8-11)15(4-5-15)14(23)20-6-7-24-12(9-20)13(21)22/h1-3,8,12H,4-7,9H2,(H,21,22)/t12-/m0/s1. The zero-order valence-corrected chi connectivity index (χ0v) is 12.7. The van der Waals surface area contributed by atoms with Crippen molar-refractivity contribution in [3.05, 3.63) is 35.4 Å². The molecule has 1 heterocycles. The lowest BCUT2D eigenvalue weighted by atomic mass is 9.92. The Morgan fingerprint density at radius 1 is 1.29 bits per heavy atom. The van der Waals surface area contributed by atoms with Crippen LogP contribution >= 0.6 is 0 Å². The molecule has 2 aliphatic rings. The largest absolute Gasteiger partial charge is 0.479 e. The third-order valence-electron chi connectivity index (χ3n) is 4.53. The molecular formula is C16H16F3NO4. The first kappa shape index (κ1) is 16.8. The first-order chi connectivity index (χ1) is 11.2. The van der Waals surface area contributed by atoms with E-state index in [2.05, 4.69) is 0 Å². The van der Waals surface area contributed by atoms with E-state index in [0.29, 0.717) is 18.4 Å². The Labute approximate surface area is 136 Å². The quantitative estimate of drug-likeness (QED) is 0.912. The number of benzene rings is 1. The summed E-state index contributed by atoms with van der Waals surface area (Å²) >= 11 is 0. The summed E-state index contributed by atoms with van der Waals surface area (Å²) in [6, 6.07) is 4.80. The number of carbonyl (C=O) groups excluding carboxylic acids is 1. The van der Waals surface area contributed by atoms with E-state index >= 15 is 0 Å². The number of hydrogen-bond acceptors (Lipinski definition) is 3. The molecule has 1 aromatic carbocycles. The van der Waals surface area contributed by atoms with Gasteiger partial charge in [0.25, 0.3) is 0 Å². The Bertz CT molecular complexity index is 670.